The molecule has 4 heterocycles. The summed E-state index contributed by atoms with van der Waals surface area (Å²) in [6, 6.07) is 13.2. The molecular formula is C42H57N5O7. The number of fused-ring (bicyclic) bond motifs is 6. The zero-order chi connectivity index (χ0) is 38.4. The predicted molar refractivity (Wildman–Crippen MR) is 203 cm³/mol. The van der Waals surface area contributed by atoms with Gasteiger partial charge in [-0.05, 0) is 120 Å². The van der Waals surface area contributed by atoms with E-state index in [1.165, 1.54) is 0 Å². The van der Waals surface area contributed by atoms with Gasteiger partial charge in [-0.3, -0.25) is 19.2 Å². The third-order valence-corrected chi connectivity index (χ3v) is 11.4. The average molecular weight is 744 g/mol. The van der Waals surface area contributed by atoms with Crippen LogP contribution < -0.4 is 20.7 Å². The molecule has 3 saturated heterocycles. The Labute approximate surface area is 319 Å². The molecule has 4 aliphatic heterocycles. The lowest BCUT2D eigenvalue weighted by Crippen LogP contribution is -2.57. The smallest absolute Gasteiger partial charge is 0.410 e. The Hall–Kier alpha value is -4.61. The lowest BCUT2D eigenvalue weighted by Gasteiger charge is -2.39. The number of carbonyl (C=O) groups excluding carboxylic acids is 5. The number of carbonyl (C=O) groups is 5. The lowest BCUT2D eigenvalue weighted by atomic mass is 9.89. The highest BCUT2D eigenvalue weighted by atomic mass is 16.6. The monoisotopic (exact) mass is 743 g/mol. The number of hydrogen-bond donors (Lipinski definition) is 3. The molecule has 2 aromatic rings. The van der Waals surface area contributed by atoms with Crippen LogP contribution in [-0.2, 0) is 36.9 Å². The number of ether oxygens (including phenoxy) is 2. The van der Waals surface area contributed by atoms with E-state index in [4.69, 9.17) is 9.47 Å². The van der Waals surface area contributed by atoms with Gasteiger partial charge in [0.1, 0.15) is 23.4 Å². The van der Waals surface area contributed by atoms with Gasteiger partial charge in [-0.25, -0.2) is 4.79 Å². The fourth-order valence-electron chi connectivity index (χ4n) is 8.41. The minimum atomic E-state index is -1.18. The Bertz CT molecular complexity index is 1660. The fraction of sp³-hybridized carbons (Fsp3) is 0.595. The van der Waals surface area contributed by atoms with Gasteiger partial charge in [-0.15, -0.1) is 0 Å². The molecular weight excluding hydrogens is 686 g/mol. The number of nitrogens with zero attached hydrogens (tertiary/aromatic N) is 2. The van der Waals surface area contributed by atoms with Crippen LogP contribution in [-0.4, -0.2) is 89.0 Å². The summed E-state index contributed by atoms with van der Waals surface area (Å²) in [5.74, 6) is -0.914. The molecule has 0 aliphatic carbocycles. The predicted octanol–water partition coefficient (Wildman–Crippen LogP) is 4.80. The van der Waals surface area contributed by atoms with Gasteiger partial charge in [0, 0.05) is 37.6 Å². The molecule has 0 radical (unpaired) electrons. The maximum Gasteiger partial charge on any atom is 0.410 e. The Morgan fingerprint density at radius 1 is 0.963 bits per heavy atom. The van der Waals surface area contributed by atoms with Crippen molar-refractivity contribution >= 4 is 29.7 Å². The van der Waals surface area contributed by atoms with Crippen LogP contribution in [0.3, 0.4) is 0 Å². The number of amides is 5. The Morgan fingerprint density at radius 3 is 2.43 bits per heavy atom. The lowest BCUT2D eigenvalue weighted by molar-refractivity contribution is -0.139. The van der Waals surface area contributed by atoms with Crippen molar-refractivity contribution in [1.29, 1.82) is 0 Å². The van der Waals surface area contributed by atoms with Crippen LogP contribution >= 0.6 is 0 Å². The summed E-state index contributed by atoms with van der Waals surface area (Å²) in [5.41, 5.74) is 2.32. The van der Waals surface area contributed by atoms with Crippen LogP contribution in [0.15, 0.2) is 48.5 Å². The van der Waals surface area contributed by atoms with Gasteiger partial charge in [0.25, 0.3) is 0 Å². The third-order valence-electron chi connectivity index (χ3n) is 11.4. The Kier molecular flexibility index (Phi) is 12.5. The SMILES string of the molecule is Cc1ccc2cc1CNC(=O)[C@H](CCc1ccccc1)NC(=O)[C@@H](NC(=O)C1CC3CCC(C1)N3C(=O)OC(C)(C)C)CC(=O)N1CCCC(CCO2)C1. The van der Waals surface area contributed by atoms with Gasteiger partial charge in [0.15, 0.2) is 0 Å². The van der Waals surface area contributed by atoms with E-state index in [0.29, 0.717) is 45.4 Å². The molecule has 6 rings (SSSR count). The topological polar surface area (TPSA) is 146 Å². The highest BCUT2D eigenvalue weighted by molar-refractivity contribution is 5.95. The summed E-state index contributed by atoms with van der Waals surface area (Å²) in [6.07, 6.45) is 5.31. The van der Waals surface area contributed by atoms with Crippen LogP contribution in [0.2, 0.25) is 0 Å². The van der Waals surface area contributed by atoms with Crippen molar-refractivity contribution in [3.05, 3.63) is 65.2 Å². The quantitative estimate of drug-likeness (QED) is 0.399. The van der Waals surface area contributed by atoms with Crippen molar-refractivity contribution in [1.82, 2.24) is 25.8 Å². The minimum Gasteiger partial charge on any atom is -0.494 e. The first-order valence-corrected chi connectivity index (χ1v) is 19.8. The van der Waals surface area contributed by atoms with Gasteiger partial charge < -0.3 is 35.2 Å². The highest BCUT2D eigenvalue weighted by Crippen LogP contribution is 2.40. The van der Waals surface area contributed by atoms with E-state index >= 15 is 0 Å². The molecule has 2 aromatic carbocycles. The maximum atomic E-state index is 14.3. The van der Waals surface area contributed by atoms with Crippen LogP contribution in [0.4, 0.5) is 4.79 Å². The standard InChI is InChI=1S/C42H57N5O7/c1-27-12-16-34-23-31(27)25-43-39(50)35(17-13-28-9-6-5-7-10-28)44-40(51)36(24-37(48)46-19-8-11-29(26-46)18-20-53-34)45-38(49)30-21-32-14-15-33(22-30)47(32)41(52)54-42(2,3)4/h5-7,9-10,12,16,23,29-30,32-33,35-36H,8,11,13-15,17-22,24-26H2,1-4H3,(H,43,50)(H,44,51)(H,45,49)/t29?,30?,32?,33?,35-,36-/m0/s1. The summed E-state index contributed by atoms with van der Waals surface area (Å²) in [7, 11) is 0. The van der Waals surface area contributed by atoms with E-state index in [1.807, 2.05) is 76.2 Å². The molecule has 0 spiro atoms. The van der Waals surface area contributed by atoms with Crippen LogP contribution in [0, 0.1) is 18.8 Å². The van der Waals surface area contributed by atoms with Crippen LogP contribution in [0.5, 0.6) is 5.75 Å². The van der Waals surface area contributed by atoms with E-state index in [1.54, 1.807) is 9.80 Å². The molecule has 4 aliphatic rings. The largest absolute Gasteiger partial charge is 0.494 e. The van der Waals surface area contributed by atoms with Crippen molar-refractivity contribution in [3.8, 4) is 5.75 Å². The van der Waals surface area contributed by atoms with Crippen molar-refractivity contribution < 1.29 is 33.4 Å². The van der Waals surface area contributed by atoms with E-state index in [9.17, 15) is 24.0 Å². The van der Waals surface area contributed by atoms with Crippen molar-refractivity contribution in [2.45, 2.75) is 128 Å². The second-order valence-electron chi connectivity index (χ2n) is 16.6. The summed E-state index contributed by atoms with van der Waals surface area (Å²) in [6.45, 7) is 9.38. The first-order valence-electron chi connectivity index (χ1n) is 19.8. The van der Waals surface area contributed by atoms with E-state index in [0.717, 1.165) is 54.5 Å². The van der Waals surface area contributed by atoms with E-state index < -0.39 is 29.5 Å². The molecule has 3 fully saturated rings. The molecule has 0 saturated carbocycles. The number of hydrogen-bond acceptors (Lipinski definition) is 7. The molecule has 12 heteroatoms. The van der Waals surface area contributed by atoms with Gasteiger partial charge in [0.2, 0.25) is 23.6 Å². The number of nitrogens with one attached hydrogen (secondary N) is 3. The van der Waals surface area contributed by atoms with E-state index in [-0.39, 0.29) is 54.8 Å². The molecule has 6 bridgehead atoms. The van der Waals surface area contributed by atoms with Crippen molar-refractivity contribution in [2.24, 2.45) is 11.8 Å². The van der Waals surface area contributed by atoms with Crippen molar-refractivity contribution in [3.63, 3.8) is 0 Å². The normalized spacial score (nSPS) is 26.8. The number of piperidine rings is 2. The molecule has 0 aromatic heterocycles. The first kappa shape index (κ1) is 39.1. The van der Waals surface area contributed by atoms with E-state index in [2.05, 4.69) is 16.0 Å². The van der Waals surface area contributed by atoms with Crippen LogP contribution in [0.1, 0.15) is 95.2 Å². The first-order chi connectivity index (χ1) is 25.8. The second-order valence-corrected chi connectivity index (χ2v) is 16.6. The second kappa shape index (κ2) is 17.2. The summed E-state index contributed by atoms with van der Waals surface area (Å²) in [4.78, 5) is 72.7. The zero-order valence-corrected chi connectivity index (χ0v) is 32.2. The summed E-state index contributed by atoms with van der Waals surface area (Å²) < 4.78 is 11.8. The van der Waals surface area contributed by atoms with Crippen LogP contribution in [0.25, 0.3) is 0 Å². The molecule has 5 amide bonds. The minimum absolute atomic E-state index is 0.139. The van der Waals surface area contributed by atoms with Gasteiger partial charge >= 0.3 is 6.09 Å². The molecule has 12 nitrogen and oxygen atoms in total. The third kappa shape index (κ3) is 10.1. The average Bonchev–Trinajstić information content (AvgIpc) is 3.41. The Balaban J connectivity index is 1.22. The molecule has 3 unspecified atom stereocenters. The molecule has 54 heavy (non-hydrogen) atoms. The van der Waals surface area contributed by atoms with Crippen molar-refractivity contribution in [2.75, 3.05) is 19.7 Å². The molecule has 3 N–H and O–H groups in total. The number of benzene rings is 2. The summed E-state index contributed by atoms with van der Waals surface area (Å²) in [5, 5.41) is 8.91. The number of aryl methyl sites for hydroxylation is 2. The molecule has 292 valence electrons. The van der Waals surface area contributed by atoms with Gasteiger partial charge in [0.05, 0.1) is 13.0 Å². The summed E-state index contributed by atoms with van der Waals surface area (Å²) >= 11 is 0. The Morgan fingerprint density at radius 2 is 1.70 bits per heavy atom. The number of rotatable bonds is 5. The van der Waals surface area contributed by atoms with Gasteiger partial charge in [-0.1, -0.05) is 36.4 Å². The van der Waals surface area contributed by atoms with Gasteiger partial charge in [-0.2, -0.15) is 0 Å². The highest BCUT2D eigenvalue weighted by Gasteiger charge is 2.47. The molecule has 5 atom stereocenters. The maximum absolute atomic E-state index is 14.3. The zero-order valence-electron chi connectivity index (χ0n) is 32.2. The fourth-order valence-corrected chi connectivity index (χ4v) is 8.41.